The third-order valence-corrected chi connectivity index (χ3v) is 4.52. The summed E-state index contributed by atoms with van der Waals surface area (Å²) < 4.78 is 11.3. The maximum atomic E-state index is 11.0. The molecule has 4 unspecified atom stereocenters. The highest BCUT2D eigenvalue weighted by molar-refractivity contribution is 5.69. The standard InChI is InChI=1S/C13H22O4/c1-9(10(2)12(14)15)11-3-5-17-13(7-11)4-6-16-8-13/h9-11H,3-8H2,1-2H3,(H,14,15). The molecule has 2 heterocycles. The van der Waals surface area contributed by atoms with Crippen LogP contribution in [0.1, 0.15) is 33.1 Å². The zero-order valence-corrected chi connectivity index (χ0v) is 10.6. The van der Waals surface area contributed by atoms with Gasteiger partial charge >= 0.3 is 5.97 Å². The lowest BCUT2D eigenvalue weighted by molar-refractivity contribution is -0.146. The SMILES string of the molecule is CC(C(=O)O)C(C)C1CCOC2(CCOC2)C1. The maximum Gasteiger partial charge on any atom is 0.306 e. The summed E-state index contributed by atoms with van der Waals surface area (Å²) in [6.45, 7) is 6.05. The van der Waals surface area contributed by atoms with Crippen molar-refractivity contribution in [1.29, 1.82) is 0 Å². The zero-order chi connectivity index (χ0) is 12.5. The molecule has 17 heavy (non-hydrogen) atoms. The van der Waals surface area contributed by atoms with Gasteiger partial charge in [-0.15, -0.1) is 0 Å². The Morgan fingerprint density at radius 1 is 1.41 bits per heavy atom. The van der Waals surface area contributed by atoms with Gasteiger partial charge in [-0.2, -0.15) is 0 Å². The highest BCUT2D eigenvalue weighted by atomic mass is 16.6. The van der Waals surface area contributed by atoms with Gasteiger partial charge in [0, 0.05) is 19.6 Å². The molecule has 2 aliphatic heterocycles. The molecule has 0 saturated carbocycles. The first kappa shape index (κ1) is 12.8. The molecule has 4 atom stereocenters. The summed E-state index contributed by atoms with van der Waals surface area (Å²) in [6, 6.07) is 0. The van der Waals surface area contributed by atoms with Crippen molar-refractivity contribution in [2.45, 2.75) is 38.7 Å². The molecule has 0 aromatic rings. The molecule has 0 amide bonds. The normalized spacial score (nSPS) is 36.9. The molecular formula is C13H22O4. The van der Waals surface area contributed by atoms with Gasteiger partial charge in [-0.25, -0.2) is 0 Å². The molecule has 0 bridgehead atoms. The fraction of sp³-hybridized carbons (Fsp3) is 0.923. The van der Waals surface area contributed by atoms with E-state index in [-0.39, 0.29) is 17.4 Å². The predicted molar refractivity (Wildman–Crippen MR) is 62.8 cm³/mol. The van der Waals surface area contributed by atoms with Crippen molar-refractivity contribution >= 4 is 5.97 Å². The molecule has 1 N–H and O–H groups in total. The third kappa shape index (κ3) is 2.63. The van der Waals surface area contributed by atoms with Crippen LogP contribution in [0.3, 0.4) is 0 Å². The highest BCUT2D eigenvalue weighted by Crippen LogP contribution is 2.40. The lowest BCUT2D eigenvalue weighted by Gasteiger charge is -2.40. The second-order valence-electron chi connectivity index (χ2n) is 5.57. The summed E-state index contributed by atoms with van der Waals surface area (Å²) >= 11 is 0. The van der Waals surface area contributed by atoms with Gasteiger partial charge in [-0.3, -0.25) is 4.79 Å². The Morgan fingerprint density at radius 2 is 2.18 bits per heavy atom. The molecule has 0 aromatic carbocycles. The van der Waals surface area contributed by atoms with E-state index in [1.807, 2.05) is 0 Å². The quantitative estimate of drug-likeness (QED) is 0.821. The molecule has 1 spiro atoms. The molecule has 2 fully saturated rings. The van der Waals surface area contributed by atoms with Crippen molar-refractivity contribution in [3.05, 3.63) is 0 Å². The Labute approximate surface area is 102 Å². The average molecular weight is 242 g/mol. The number of hydrogen-bond acceptors (Lipinski definition) is 3. The Balaban J connectivity index is 1.99. The van der Waals surface area contributed by atoms with E-state index in [1.54, 1.807) is 6.92 Å². The third-order valence-electron chi connectivity index (χ3n) is 4.52. The Bertz CT molecular complexity index is 283. The largest absolute Gasteiger partial charge is 0.481 e. The lowest BCUT2D eigenvalue weighted by Crippen LogP contribution is -2.43. The molecule has 0 aromatic heterocycles. The van der Waals surface area contributed by atoms with Crippen LogP contribution >= 0.6 is 0 Å². The van der Waals surface area contributed by atoms with Gasteiger partial charge in [0.15, 0.2) is 0 Å². The monoisotopic (exact) mass is 242 g/mol. The fourth-order valence-corrected chi connectivity index (χ4v) is 3.01. The van der Waals surface area contributed by atoms with Gasteiger partial charge in [-0.05, 0) is 24.7 Å². The van der Waals surface area contributed by atoms with Gasteiger partial charge in [-0.1, -0.05) is 13.8 Å². The average Bonchev–Trinajstić information content (AvgIpc) is 2.75. The minimum absolute atomic E-state index is 0.116. The molecular weight excluding hydrogens is 220 g/mol. The van der Waals surface area contributed by atoms with Crippen molar-refractivity contribution in [3.63, 3.8) is 0 Å². The number of rotatable bonds is 3. The van der Waals surface area contributed by atoms with E-state index in [9.17, 15) is 4.79 Å². The summed E-state index contributed by atoms with van der Waals surface area (Å²) in [5, 5.41) is 9.08. The van der Waals surface area contributed by atoms with Crippen LogP contribution in [0.15, 0.2) is 0 Å². The maximum absolute atomic E-state index is 11.0. The summed E-state index contributed by atoms with van der Waals surface area (Å²) in [5.41, 5.74) is -0.116. The first-order valence-electron chi connectivity index (χ1n) is 6.49. The first-order chi connectivity index (χ1) is 8.04. The van der Waals surface area contributed by atoms with E-state index in [4.69, 9.17) is 14.6 Å². The van der Waals surface area contributed by atoms with E-state index in [2.05, 4.69) is 6.92 Å². The van der Waals surface area contributed by atoms with Crippen molar-refractivity contribution in [2.75, 3.05) is 19.8 Å². The van der Waals surface area contributed by atoms with Gasteiger partial charge in [0.05, 0.1) is 18.1 Å². The number of carboxylic acids is 1. The molecule has 4 nitrogen and oxygen atoms in total. The molecule has 2 aliphatic rings. The van der Waals surface area contributed by atoms with Gasteiger partial charge in [0.2, 0.25) is 0 Å². The minimum Gasteiger partial charge on any atom is -0.481 e. The van der Waals surface area contributed by atoms with E-state index < -0.39 is 5.97 Å². The molecule has 2 saturated heterocycles. The van der Waals surface area contributed by atoms with Crippen molar-refractivity contribution in [3.8, 4) is 0 Å². The van der Waals surface area contributed by atoms with Crippen LogP contribution in [-0.4, -0.2) is 36.5 Å². The molecule has 0 aliphatic carbocycles. The van der Waals surface area contributed by atoms with E-state index in [0.29, 0.717) is 12.5 Å². The molecule has 98 valence electrons. The van der Waals surface area contributed by atoms with Crippen molar-refractivity contribution in [1.82, 2.24) is 0 Å². The number of hydrogen-bond donors (Lipinski definition) is 1. The van der Waals surface area contributed by atoms with Gasteiger partial charge in [0.25, 0.3) is 0 Å². The van der Waals surface area contributed by atoms with Crippen LogP contribution in [0.4, 0.5) is 0 Å². The number of aliphatic carboxylic acids is 1. The van der Waals surface area contributed by atoms with Crippen LogP contribution in [0, 0.1) is 17.8 Å². The topological polar surface area (TPSA) is 55.8 Å². The Hall–Kier alpha value is -0.610. The van der Waals surface area contributed by atoms with Crippen LogP contribution in [0.25, 0.3) is 0 Å². The van der Waals surface area contributed by atoms with Crippen LogP contribution < -0.4 is 0 Å². The van der Waals surface area contributed by atoms with Gasteiger partial charge in [0.1, 0.15) is 0 Å². The summed E-state index contributed by atoms with van der Waals surface area (Å²) in [7, 11) is 0. The first-order valence-corrected chi connectivity index (χ1v) is 6.49. The van der Waals surface area contributed by atoms with E-state index in [0.717, 1.165) is 32.5 Å². The predicted octanol–water partition coefficient (Wildman–Crippen LogP) is 1.93. The van der Waals surface area contributed by atoms with Crippen molar-refractivity contribution in [2.24, 2.45) is 17.8 Å². The minimum atomic E-state index is -0.694. The Morgan fingerprint density at radius 3 is 2.76 bits per heavy atom. The van der Waals surface area contributed by atoms with Crippen LogP contribution in [0.2, 0.25) is 0 Å². The van der Waals surface area contributed by atoms with Crippen molar-refractivity contribution < 1.29 is 19.4 Å². The van der Waals surface area contributed by atoms with Crippen LogP contribution in [-0.2, 0) is 14.3 Å². The summed E-state index contributed by atoms with van der Waals surface area (Å²) in [5.74, 6) is -0.330. The Kier molecular flexibility index (Phi) is 3.73. The lowest BCUT2D eigenvalue weighted by atomic mass is 9.74. The zero-order valence-electron chi connectivity index (χ0n) is 10.6. The molecule has 0 radical (unpaired) electrons. The number of carbonyl (C=O) groups is 1. The van der Waals surface area contributed by atoms with Crippen LogP contribution in [0.5, 0.6) is 0 Å². The van der Waals surface area contributed by atoms with E-state index >= 15 is 0 Å². The molecule has 4 heteroatoms. The summed E-state index contributed by atoms with van der Waals surface area (Å²) in [4.78, 5) is 11.0. The van der Waals surface area contributed by atoms with E-state index in [1.165, 1.54) is 0 Å². The smallest absolute Gasteiger partial charge is 0.306 e. The number of ether oxygens (including phenoxy) is 2. The highest BCUT2D eigenvalue weighted by Gasteiger charge is 2.43. The summed E-state index contributed by atoms with van der Waals surface area (Å²) in [6.07, 6.45) is 2.88. The second kappa shape index (κ2) is 4.94. The fourth-order valence-electron chi connectivity index (χ4n) is 3.01. The molecule has 2 rings (SSSR count). The number of carboxylic acid groups (broad SMARTS) is 1. The second-order valence-corrected chi connectivity index (χ2v) is 5.57. The van der Waals surface area contributed by atoms with Gasteiger partial charge < -0.3 is 14.6 Å².